The Balaban J connectivity index is 2.15. The fourth-order valence-corrected chi connectivity index (χ4v) is 4.65. The summed E-state index contributed by atoms with van der Waals surface area (Å²) in [7, 11) is 0. The summed E-state index contributed by atoms with van der Waals surface area (Å²) in [5.41, 5.74) is 8.47. The van der Waals surface area contributed by atoms with E-state index in [4.69, 9.17) is 10.5 Å². The number of nitrogens with two attached hydrogens (primary N) is 1. The fourth-order valence-electron chi connectivity index (χ4n) is 4.65. The number of unbranched alkanes of at least 4 members (excludes halogenated alkanes) is 2. The topological polar surface area (TPSA) is 72.5 Å². The lowest BCUT2D eigenvalue weighted by Crippen LogP contribution is -2.45. The molecule has 4 nitrogen and oxygen atoms in total. The standard InChI is InChI=1S/C22H31NO3/c1-5-6-7-8-14-12-17-19(20(24)18(14)21(23)25)15-11-13(2)9-10-16(15)22(3,4)26-17/h11-12,15-16,24H,5-10H2,1-4H3,(H2,23,25)/t15?,16-/m1/s1. The van der Waals surface area contributed by atoms with Crippen LogP contribution in [0.15, 0.2) is 17.7 Å². The first-order chi connectivity index (χ1) is 12.3. The average Bonchev–Trinajstić information content (AvgIpc) is 2.53. The molecule has 1 aliphatic carbocycles. The average molecular weight is 357 g/mol. The molecule has 1 heterocycles. The van der Waals surface area contributed by atoms with Gasteiger partial charge in [-0.05, 0) is 58.1 Å². The number of amides is 1. The second-order valence-corrected chi connectivity index (χ2v) is 8.38. The lowest BCUT2D eigenvalue weighted by molar-refractivity contribution is 0.0107. The number of carbonyl (C=O) groups excluding carboxylic acids is 1. The van der Waals surface area contributed by atoms with E-state index in [-0.39, 0.29) is 28.7 Å². The molecule has 0 spiro atoms. The molecule has 3 N–H and O–H groups in total. The number of phenols is 1. The number of aryl methyl sites for hydroxylation is 1. The Labute approximate surface area is 156 Å². The van der Waals surface area contributed by atoms with E-state index in [0.29, 0.717) is 5.75 Å². The van der Waals surface area contributed by atoms with Crippen LogP contribution in [-0.2, 0) is 6.42 Å². The Morgan fingerprint density at radius 1 is 1.38 bits per heavy atom. The minimum atomic E-state index is -0.560. The van der Waals surface area contributed by atoms with Gasteiger partial charge in [0.15, 0.2) is 0 Å². The van der Waals surface area contributed by atoms with Gasteiger partial charge >= 0.3 is 0 Å². The van der Waals surface area contributed by atoms with Gasteiger partial charge in [-0.3, -0.25) is 4.79 Å². The van der Waals surface area contributed by atoms with Crippen molar-refractivity contribution in [3.8, 4) is 11.5 Å². The van der Waals surface area contributed by atoms with Crippen molar-refractivity contribution in [1.82, 2.24) is 0 Å². The van der Waals surface area contributed by atoms with Crippen molar-refractivity contribution in [2.24, 2.45) is 11.7 Å². The highest BCUT2D eigenvalue weighted by Gasteiger charge is 2.46. The zero-order valence-electron chi connectivity index (χ0n) is 16.4. The largest absolute Gasteiger partial charge is 0.507 e. The molecule has 0 saturated carbocycles. The molecule has 26 heavy (non-hydrogen) atoms. The maximum absolute atomic E-state index is 12.1. The summed E-state index contributed by atoms with van der Waals surface area (Å²) in [4.78, 5) is 12.1. The first-order valence-corrected chi connectivity index (χ1v) is 9.81. The molecule has 4 heteroatoms. The lowest BCUT2D eigenvalue weighted by atomic mass is 9.67. The van der Waals surface area contributed by atoms with Crippen molar-refractivity contribution in [2.75, 3.05) is 0 Å². The zero-order chi connectivity index (χ0) is 19.1. The number of carbonyl (C=O) groups is 1. The number of aromatic hydroxyl groups is 1. The van der Waals surface area contributed by atoms with E-state index < -0.39 is 5.91 Å². The molecular formula is C22H31NO3. The lowest BCUT2D eigenvalue weighted by Gasteiger charge is -2.46. The highest BCUT2D eigenvalue weighted by molar-refractivity contribution is 5.98. The molecule has 1 aromatic carbocycles. The molecule has 1 amide bonds. The van der Waals surface area contributed by atoms with E-state index in [1.165, 1.54) is 5.57 Å². The van der Waals surface area contributed by atoms with E-state index in [0.717, 1.165) is 49.7 Å². The van der Waals surface area contributed by atoms with Crippen LogP contribution in [0, 0.1) is 5.92 Å². The van der Waals surface area contributed by atoms with Crippen LogP contribution in [-0.4, -0.2) is 16.6 Å². The number of allylic oxidation sites excluding steroid dienone is 2. The van der Waals surface area contributed by atoms with Gasteiger partial charge in [0.2, 0.25) is 0 Å². The number of hydrogen-bond donors (Lipinski definition) is 2. The monoisotopic (exact) mass is 357 g/mol. The van der Waals surface area contributed by atoms with Crippen molar-refractivity contribution >= 4 is 5.91 Å². The maximum Gasteiger partial charge on any atom is 0.252 e. The first-order valence-electron chi connectivity index (χ1n) is 9.81. The molecular weight excluding hydrogens is 326 g/mol. The quantitative estimate of drug-likeness (QED) is 0.585. The van der Waals surface area contributed by atoms with Crippen LogP contribution in [0.3, 0.4) is 0 Å². The van der Waals surface area contributed by atoms with Gasteiger partial charge in [-0.25, -0.2) is 0 Å². The number of benzene rings is 1. The van der Waals surface area contributed by atoms with Gasteiger partial charge in [-0.2, -0.15) is 0 Å². The number of rotatable bonds is 5. The molecule has 0 bridgehead atoms. The van der Waals surface area contributed by atoms with Crippen molar-refractivity contribution in [3.05, 3.63) is 34.4 Å². The van der Waals surface area contributed by atoms with Crippen molar-refractivity contribution in [1.29, 1.82) is 0 Å². The van der Waals surface area contributed by atoms with Gasteiger partial charge in [-0.1, -0.05) is 31.4 Å². The third kappa shape index (κ3) is 3.22. The maximum atomic E-state index is 12.1. The van der Waals surface area contributed by atoms with E-state index in [1.807, 2.05) is 6.07 Å². The van der Waals surface area contributed by atoms with Gasteiger partial charge in [0, 0.05) is 17.4 Å². The minimum Gasteiger partial charge on any atom is -0.507 e. The normalized spacial score (nSPS) is 23.5. The van der Waals surface area contributed by atoms with Crippen LogP contribution >= 0.6 is 0 Å². The number of fused-ring (bicyclic) bond motifs is 3. The molecule has 0 saturated heterocycles. The third-order valence-electron chi connectivity index (χ3n) is 6.03. The van der Waals surface area contributed by atoms with Crippen LogP contribution in [0.4, 0.5) is 0 Å². The van der Waals surface area contributed by atoms with Crippen LogP contribution in [0.1, 0.15) is 87.2 Å². The second-order valence-electron chi connectivity index (χ2n) is 8.38. The second kappa shape index (κ2) is 6.98. The van der Waals surface area contributed by atoms with E-state index in [1.54, 1.807) is 0 Å². The van der Waals surface area contributed by atoms with Gasteiger partial charge in [0.05, 0.1) is 5.56 Å². The Morgan fingerprint density at radius 2 is 2.12 bits per heavy atom. The molecule has 3 rings (SSSR count). The number of ether oxygens (including phenoxy) is 1. The smallest absolute Gasteiger partial charge is 0.252 e. The summed E-state index contributed by atoms with van der Waals surface area (Å²) in [6.07, 6.45) is 8.15. The van der Waals surface area contributed by atoms with Crippen LogP contribution < -0.4 is 10.5 Å². The highest BCUT2D eigenvalue weighted by atomic mass is 16.5. The summed E-state index contributed by atoms with van der Waals surface area (Å²) in [5, 5.41) is 11.0. The van der Waals surface area contributed by atoms with Crippen LogP contribution in [0.5, 0.6) is 11.5 Å². The van der Waals surface area contributed by atoms with Crippen molar-refractivity contribution in [3.63, 3.8) is 0 Å². The zero-order valence-corrected chi connectivity index (χ0v) is 16.4. The fraction of sp³-hybridized carbons (Fsp3) is 0.591. The van der Waals surface area contributed by atoms with Gasteiger partial charge in [0.25, 0.3) is 5.91 Å². The van der Waals surface area contributed by atoms with Crippen molar-refractivity contribution < 1.29 is 14.6 Å². The Morgan fingerprint density at radius 3 is 2.77 bits per heavy atom. The SMILES string of the molecule is CCCCCc1cc2c(c(O)c1C(N)=O)C1C=C(C)CC[C@H]1C(C)(C)O2. The van der Waals surface area contributed by atoms with E-state index in [2.05, 4.69) is 33.8 Å². The van der Waals surface area contributed by atoms with Crippen molar-refractivity contribution in [2.45, 2.75) is 77.7 Å². The predicted octanol–water partition coefficient (Wildman–Crippen LogP) is 4.83. The molecule has 0 fully saturated rings. The van der Waals surface area contributed by atoms with Gasteiger partial charge in [0.1, 0.15) is 17.1 Å². The molecule has 0 radical (unpaired) electrons. The van der Waals surface area contributed by atoms with Crippen LogP contribution in [0.2, 0.25) is 0 Å². The highest BCUT2D eigenvalue weighted by Crippen LogP contribution is 2.54. The molecule has 1 aliphatic heterocycles. The molecule has 142 valence electrons. The molecule has 1 unspecified atom stereocenters. The first kappa shape index (κ1) is 18.8. The van der Waals surface area contributed by atoms with Gasteiger partial charge in [-0.15, -0.1) is 0 Å². The predicted molar refractivity (Wildman–Crippen MR) is 104 cm³/mol. The van der Waals surface area contributed by atoms with Crippen LogP contribution in [0.25, 0.3) is 0 Å². The Kier molecular flexibility index (Phi) is 5.05. The summed E-state index contributed by atoms with van der Waals surface area (Å²) >= 11 is 0. The molecule has 1 aromatic rings. The number of hydrogen-bond acceptors (Lipinski definition) is 3. The van der Waals surface area contributed by atoms with E-state index >= 15 is 0 Å². The minimum absolute atomic E-state index is 0.0259. The van der Waals surface area contributed by atoms with Gasteiger partial charge < -0.3 is 15.6 Å². The summed E-state index contributed by atoms with van der Waals surface area (Å²) in [6, 6.07) is 1.94. The Bertz CT molecular complexity index is 748. The summed E-state index contributed by atoms with van der Waals surface area (Å²) < 4.78 is 6.35. The summed E-state index contributed by atoms with van der Waals surface area (Å²) in [6.45, 7) is 8.52. The third-order valence-corrected chi connectivity index (χ3v) is 6.03. The van der Waals surface area contributed by atoms with E-state index in [9.17, 15) is 9.90 Å². The molecule has 0 aromatic heterocycles. The summed E-state index contributed by atoms with van der Waals surface area (Å²) in [5.74, 6) is 0.505. The molecule has 2 aliphatic rings. The number of primary amides is 1. The Hall–Kier alpha value is -1.97. The molecule has 2 atom stereocenters.